The Morgan fingerprint density at radius 1 is 0.923 bits per heavy atom. The van der Waals surface area contributed by atoms with E-state index in [4.69, 9.17) is 4.74 Å². The Hall–Kier alpha value is -2.73. The molecule has 2 heterocycles. The number of anilines is 1. The van der Waals surface area contributed by atoms with Gasteiger partial charge in [-0.1, -0.05) is 12.1 Å². The monoisotopic (exact) mass is 355 g/mol. The molecular formula is C20H19F2N3O. The number of hydrogen-bond donors (Lipinski definition) is 0. The second kappa shape index (κ2) is 6.88. The predicted molar refractivity (Wildman–Crippen MR) is 96.7 cm³/mol. The van der Waals surface area contributed by atoms with Crippen molar-refractivity contribution in [2.24, 2.45) is 0 Å². The first kappa shape index (κ1) is 16.7. The average Bonchev–Trinajstić information content (AvgIpc) is 3.04. The van der Waals surface area contributed by atoms with E-state index in [2.05, 4.69) is 22.1 Å². The Morgan fingerprint density at radius 2 is 1.58 bits per heavy atom. The normalized spacial score (nSPS) is 14.7. The van der Waals surface area contributed by atoms with E-state index in [0.29, 0.717) is 5.69 Å². The van der Waals surface area contributed by atoms with E-state index in [1.807, 2.05) is 19.1 Å². The Bertz CT molecular complexity index is 895. The number of rotatable bonds is 3. The molecule has 0 atom stereocenters. The molecule has 0 bridgehead atoms. The van der Waals surface area contributed by atoms with E-state index in [-0.39, 0.29) is 0 Å². The van der Waals surface area contributed by atoms with Gasteiger partial charge in [-0.15, -0.1) is 0 Å². The van der Waals surface area contributed by atoms with Crippen LogP contribution in [0.1, 0.15) is 5.69 Å². The molecule has 134 valence electrons. The molecule has 4 rings (SSSR count). The first-order valence-corrected chi connectivity index (χ1v) is 8.56. The molecule has 4 nitrogen and oxygen atoms in total. The highest BCUT2D eigenvalue weighted by atomic mass is 19.1. The summed E-state index contributed by atoms with van der Waals surface area (Å²) in [4.78, 5) is 2.29. The SMILES string of the molecule is Cc1nn(-c2cc(F)cc(F)c2)cc1-c1ccc(N2CCOCC2)cc1. The highest BCUT2D eigenvalue weighted by Gasteiger charge is 2.13. The molecule has 0 unspecified atom stereocenters. The molecule has 0 amide bonds. The summed E-state index contributed by atoms with van der Waals surface area (Å²) in [5, 5.41) is 4.41. The zero-order valence-corrected chi connectivity index (χ0v) is 14.5. The highest BCUT2D eigenvalue weighted by Crippen LogP contribution is 2.27. The van der Waals surface area contributed by atoms with E-state index in [9.17, 15) is 8.78 Å². The Balaban J connectivity index is 1.62. The summed E-state index contributed by atoms with van der Waals surface area (Å²) in [6.07, 6.45) is 1.80. The van der Waals surface area contributed by atoms with Gasteiger partial charge in [-0.25, -0.2) is 13.5 Å². The van der Waals surface area contributed by atoms with Gasteiger partial charge in [0.1, 0.15) is 11.6 Å². The lowest BCUT2D eigenvalue weighted by atomic mass is 10.1. The van der Waals surface area contributed by atoms with Crippen molar-refractivity contribution in [1.29, 1.82) is 0 Å². The molecule has 1 aromatic heterocycles. The van der Waals surface area contributed by atoms with Gasteiger partial charge in [0.2, 0.25) is 0 Å². The quantitative estimate of drug-likeness (QED) is 0.712. The van der Waals surface area contributed by atoms with Crippen molar-refractivity contribution >= 4 is 5.69 Å². The number of aromatic nitrogens is 2. The van der Waals surface area contributed by atoms with Gasteiger partial charge in [0.05, 0.1) is 24.6 Å². The van der Waals surface area contributed by atoms with Gasteiger partial charge in [0, 0.05) is 36.6 Å². The maximum absolute atomic E-state index is 13.5. The van der Waals surface area contributed by atoms with Crippen LogP contribution in [-0.4, -0.2) is 36.1 Å². The average molecular weight is 355 g/mol. The molecule has 0 radical (unpaired) electrons. The van der Waals surface area contributed by atoms with Crippen molar-refractivity contribution in [2.75, 3.05) is 31.2 Å². The molecule has 0 spiro atoms. The predicted octanol–water partition coefficient (Wildman–Crippen LogP) is 3.96. The highest BCUT2D eigenvalue weighted by molar-refractivity contribution is 5.68. The Labute approximate surface area is 150 Å². The van der Waals surface area contributed by atoms with Crippen molar-refractivity contribution in [3.63, 3.8) is 0 Å². The molecule has 0 aliphatic carbocycles. The smallest absolute Gasteiger partial charge is 0.128 e. The molecule has 1 aliphatic heterocycles. The summed E-state index contributed by atoms with van der Waals surface area (Å²) in [6.45, 7) is 5.16. The number of morpholine rings is 1. The molecule has 0 saturated carbocycles. The van der Waals surface area contributed by atoms with Crippen molar-refractivity contribution in [2.45, 2.75) is 6.92 Å². The number of halogens is 2. The third kappa shape index (κ3) is 3.32. The van der Waals surface area contributed by atoms with Crippen molar-refractivity contribution in [3.05, 3.63) is 66.0 Å². The minimum absolute atomic E-state index is 0.363. The molecule has 1 aliphatic rings. The first-order valence-electron chi connectivity index (χ1n) is 8.56. The number of aryl methyl sites for hydroxylation is 1. The summed E-state index contributed by atoms with van der Waals surface area (Å²) < 4.78 is 33.8. The van der Waals surface area contributed by atoms with Crippen molar-refractivity contribution < 1.29 is 13.5 Å². The van der Waals surface area contributed by atoms with E-state index in [0.717, 1.165) is 54.9 Å². The third-order valence-electron chi connectivity index (χ3n) is 4.57. The minimum Gasteiger partial charge on any atom is -0.378 e. The lowest BCUT2D eigenvalue weighted by Gasteiger charge is -2.28. The third-order valence-corrected chi connectivity index (χ3v) is 4.57. The Kier molecular flexibility index (Phi) is 4.42. The zero-order chi connectivity index (χ0) is 18.1. The minimum atomic E-state index is -0.621. The lowest BCUT2D eigenvalue weighted by Crippen LogP contribution is -2.36. The first-order chi connectivity index (χ1) is 12.6. The summed E-state index contributed by atoms with van der Waals surface area (Å²) in [5.41, 5.74) is 4.27. The van der Waals surface area contributed by atoms with Gasteiger partial charge in [-0.3, -0.25) is 0 Å². The van der Waals surface area contributed by atoms with Gasteiger partial charge in [0.15, 0.2) is 0 Å². The number of benzene rings is 2. The maximum atomic E-state index is 13.5. The topological polar surface area (TPSA) is 30.3 Å². The van der Waals surface area contributed by atoms with Crippen LogP contribution in [-0.2, 0) is 4.74 Å². The van der Waals surface area contributed by atoms with Crippen LogP contribution < -0.4 is 4.90 Å². The van der Waals surface area contributed by atoms with E-state index >= 15 is 0 Å². The van der Waals surface area contributed by atoms with Gasteiger partial charge in [-0.05, 0) is 36.8 Å². The number of hydrogen-bond acceptors (Lipinski definition) is 3. The van der Waals surface area contributed by atoms with Gasteiger partial charge < -0.3 is 9.64 Å². The van der Waals surface area contributed by atoms with Crippen LogP contribution in [0, 0.1) is 18.6 Å². The van der Waals surface area contributed by atoms with Crippen LogP contribution >= 0.6 is 0 Å². The molecule has 6 heteroatoms. The fourth-order valence-electron chi connectivity index (χ4n) is 3.22. The number of ether oxygens (including phenoxy) is 1. The van der Waals surface area contributed by atoms with Crippen LogP contribution in [0.3, 0.4) is 0 Å². The fraction of sp³-hybridized carbons (Fsp3) is 0.250. The molecule has 2 aromatic carbocycles. The van der Waals surface area contributed by atoms with E-state index in [1.165, 1.54) is 16.8 Å². The lowest BCUT2D eigenvalue weighted by molar-refractivity contribution is 0.122. The van der Waals surface area contributed by atoms with Crippen LogP contribution in [0.4, 0.5) is 14.5 Å². The van der Waals surface area contributed by atoms with Crippen molar-refractivity contribution in [3.8, 4) is 16.8 Å². The number of nitrogens with zero attached hydrogens (tertiary/aromatic N) is 3. The van der Waals surface area contributed by atoms with E-state index in [1.54, 1.807) is 6.20 Å². The van der Waals surface area contributed by atoms with Gasteiger partial charge in [-0.2, -0.15) is 5.10 Å². The van der Waals surface area contributed by atoms with Crippen LogP contribution in [0.5, 0.6) is 0 Å². The molecule has 0 N–H and O–H groups in total. The largest absolute Gasteiger partial charge is 0.378 e. The second-order valence-electron chi connectivity index (χ2n) is 6.35. The van der Waals surface area contributed by atoms with Crippen LogP contribution in [0.15, 0.2) is 48.7 Å². The standard InChI is InChI=1S/C20H19F2N3O/c1-14-20(13-25(23-14)19-11-16(21)10-17(22)12-19)15-2-4-18(5-3-15)24-6-8-26-9-7-24/h2-5,10-13H,6-9H2,1H3. The Morgan fingerprint density at radius 3 is 2.23 bits per heavy atom. The van der Waals surface area contributed by atoms with Crippen molar-refractivity contribution in [1.82, 2.24) is 9.78 Å². The molecule has 1 fully saturated rings. The summed E-state index contributed by atoms with van der Waals surface area (Å²) in [6, 6.07) is 11.6. The van der Waals surface area contributed by atoms with Gasteiger partial charge >= 0.3 is 0 Å². The second-order valence-corrected chi connectivity index (χ2v) is 6.35. The molecule has 3 aromatic rings. The maximum Gasteiger partial charge on any atom is 0.128 e. The van der Waals surface area contributed by atoms with E-state index < -0.39 is 11.6 Å². The van der Waals surface area contributed by atoms with Crippen LogP contribution in [0.2, 0.25) is 0 Å². The zero-order valence-electron chi connectivity index (χ0n) is 14.5. The molecule has 26 heavy (non-hydrogen) atoms. The summed E-state index contributed by atoms with van der Waals surface area (Å²) in [5.74, 6) is -1.24. The van der Waals surface area contributed by atoms with Gasteiger partial charge in [0.25, 0.3) is 0 Å². The fourth-order valence-corrected chi connectivity index (χ4v) is 3.22. The molecular weight excluding hydrogens is 336 g/mol. The summed E-state index contributed by atoms with van der Waals surface area (Å²) in [7, 11) is 0. The van der Waals surface area contributed by atoms with Crippen LogP contribution in [0.25, 0.3) is 16.8 Å². The summed E-state index contributed by atoms with van der Waals surface area (Å²) >= 11 is 0. The molecule has 1 saturated heterocycles.